The lowest BCUT2D eigenvalue weighted by atomic mass is 10.2. The highest BCUT2D eigenvalue weighted by atomic mass is 35.5. The molecule has 1 N–H and O–H groups in total. The number of benzene rings is 1. The van der Waals surface area contributed by atoms with E-state index in [-0.39, 0.29) is 23.7 Å². The Kier molecular flexibility index (Phi) is 5.33. The van der Waals surface area contributed by atoms with E-state index in [4.69, 9.17) is 16.0 Å². The molecule has 1 heterocycles. The van der Waals surface area contributed by atoms with Crippen molar-refractivity contribution in [3.63, 3.8) is 0 Å². The third kappa shape index (κ3) is 4.29. The molecule has 0 atom stereocenters. The van der Waals surface area contributed by atoms with E-state index in [0.717, 1.165) is 11.0 Å². The smallest absolute Gasteiger partial charge is 0.255 e. The normalized spacial score (nSPS) is 10.4. The van der Waals surface area contributed by atoms with Crippen LogP contribution >= 0.6 is 11.6 Å². The molecular formula is C15H13ClF2N2O3. The molecule has 0 unspecified atom stereocenters. The fraction of sp³-hybridized carbons (Fsp3) is 0.200. The summed E-state index contributed by atoms with van der Waals surface area (Å²) in [5.74, 6) is -2.90. The highest BCUT2D eigenvalue weighted by molar-refractivity contribution is 6.33. The van der Waals surface area contributed by atoms with Gasteiger partial charge in [-0.2, -0.15) is 0 Å². The van der Waals surface area contributed by atoms with E-state index >= 15 is 0 Å². The first kappa shape index (κ1) is 17.0. The molecule has 8 heteroatoms. The van der Waals surface area contributed by atoms with Crippen LogP contribution in [0, 0.1) is 11.6 Å². The summed E-state index contributed by atoms with van der Waals surface area (Å²) >= 11 is 5.74. The third-order valence-electron chi connectivity index (χ3n) is 3.01. The quantitative estimate of drug-likeness (QED) is 0.850. The Morgan fingerprint density at radius 3 is 2.65 bits per heavy atom. The molecule has 2 amide bonds. The zero-order chi connectivity index (χ0) is 17.0. The molecule has 122 valence electrons. The zero-order valence-corrected chi connectivity index (χ0v) is 12.9. The molecular weight excluding hydrogens is 330 g/mol. The van der Waals surface area contributed by atoms with Crippen molar-refractivity contribution in [2.24, 2.45) is 0 Å². The maximum absolute atomic E-state index is 13.2. The summed E-state index contributed by atoms with van der Waals surface area (Å²) < 4.78 is 31.3. The van der Waals surface area contributed by atoms with E-state index in [2.05, 4.69) is 5.32 Å². The van der Waals surface area contributed by atoms with Gasteiger partial charge in [-0.3, -0.25) is 9.59 Å². The molecule has 1 aromatic heterocycles. The van der Waals surface area contributed by atoms with Gasteiger partial charge in [0, 0.05) is 7.05 Å². The number of amides is 2. The maximum atomic E-state index is 13.2. The molecule has 5 nitrogen and oxygen atoms in total. The van der Waals surface area contributed by atoms with E-state index in [0.29, 0.717) is 11.8 Å². The number of hydrogen-bond acceptors (Lipinski definition) is 3. The SMILES string of the molecule is CN(CC(=O)NCc1ccco1)C(=O)c1cc(F)c(F)cc1Cl. The van der Waals surface area contributed by atoms with Crippen molar-refractivity contribution < 1.29 is 22.8 Å². The number of hydrogen-bond donors (Lipinski definition) is 1. The minimum atomic E-state index is -1.19. The van der Waals surface area contributed by atoms with Crippen LogP contribution in [0.2, 0.25) is 5.02 Å². The van der Waals surface area contributed by atoms with Gasteiger partial charge >= 0.3 is 0 Å². The number of nitrogens with one attached hydrogen (secondary N) is 1. The average molecular weight is 343 g/mol. The van der Waals surface area contributed by atoms with Crippen LogP contribution in [0.15, 0.2) is 34.9 Å². The predicted octanol–water partition coefficient (Wildman–Crippen LogP) is 2.60. The summed E-state index contributed by atoms with van der Waals surface area (Å²) in [6.45, 7) is -0.0886. The molecule has 0 spiro atoms. The highest BCUT2D eigenvalue weighted by Crippen LogP contribution is 2.21. The Morgan fingerprint density at radius 1 is 1.30 bits per heavy atom. The molecule has 0 aliphatic rings. The van der Waals surface area contributed by atoms with Gasteiger partial charge in [-0.05, 0) is 24.3 Å². The summed E-state index contributed by atoms with van der Waals surface area (Å²) in [5, 5.41) is 2.34. The van der Waals surface area contributed by atoms with Gasteiger partial charge in [0.1, 0.15) is 5.76 Å². The Hall–Kier alpha value is -2.41. The van der Waals surface area contributed by atoms with Crippen LogP contribution in [0.4, 0.5) is 8.78 Å². The maximum Gasteiger partial charge on any atom is 0.255 e. The molecule has 0 aliphatic heterocycles. The number of rotatable bonds is 5. The Balaban J connectivity index is 1.97. The molecule has 0 fully saturated rings. The van der Waals surface area contributed by atoms with Crippen molar-refractivity contribution >= 4 is 23.4 Å². The molecule has 1 aromatic carbocycles. The Labute approximate surface area is 135 Å². The van der Waals surface area contributed by atoms with Crippen LogP contribution in [0.3, 0.4) is 0 Å². The van der Waals surface area contributed by atoms with Gasteiger partial charge in [0.2, 0.25) is 5.91 Å². The van der Waals surface area contributed by atoms with Gasteiger partial charge in [0.05, 0.1) is 29.9 Å². The van der Waals surface area contributed by atoms with Gasteiger partial charge in [0.25, 0.3) is 5.91 Å². The molecule has 0 aliphatic carbocycles. The van der Waals surface area contributed by atoms with Crippen molar-refractivity contribution in [3.05, 3.63) is 58.5 Å². The van der Waals surface area contributed by atoms with Crippen molar-refractivity contribution in [1.29, 1.82) is 0 Å². The summed E-state index contributed by atoms with van der Waals surface area (Å²) in [6, 6.07) is 4.80. The second-order valence-corrected chi connectivity index (χ2v) is 5.17. The van der Waals surface area contributed by atoms with Crippen molar-refractivity contribution in [1.82, 2.24) is 10.2 Å². The van der Waals surface area contributed by atoms with E-state index in [9.17, 15) is 18.4 Å². The number of likely N-dealkylation sites (N-methyl/N-ethyl adjacent to an activating group) is 1. The first-order valence-corrected chi connectivity index (χ1v) is 6.95. The summed E-state index contributed by atoms with van der Waals surface area (Å²) in [7, 11) is 1.35. The molecule has 2 aromatic rings. The van der Waals surface area contributed by atoms with Crippen molar-refractivity contribution in [3.8, 4) is 0 Å². The van der Waals surface area contributed by atoms with Gasteiger partial charge in [-0.1, -0.05) is 11.6 Å². The summed E-state index contributed by atoms with van der Waals surface area (Å²) in [6.07, 6.45) is 1.47. The van der Waals surface area contributed by atoms with E-state index < -0.39 is 23.4 Å². The molecule has 23 heavy (non-hydrogen) atoms. The fourth-order valence-electron chi connectivity index (χ4n) is 1.83. The Bertz CT molecular complexity index is 720. The van der Waals surface area contributed by atoms with Crippen molar-refractivity contribution in [2.45, 2.75) is 6.54 Å². The fourth-order valence-corrected chi connectivity index (χ4v) is 2.07. The lowest BCUT2D eigenvalue weighted by Crippen LogP contribution is -2.38. The molecule has 0 saturated heterocycles. The predicted molar refractivity (Wildman–Crippen MR) is 78.9 cm³/mol. The van der Waals surface area contributed by atoms with Crippen LogP contribution in [-0.2, 0) is 11.3 Å². The van der Waals surface area contributed by atoms with Crippen LogP contribution < -0.4 is 5.32 Å². The van der Waals surface area contributed by atoms with Crippen LogP contribution in [0.25, 0.3) is 0 Å². The van der Waals surface area contributed by atoms with Crippen LogP contribution in [0.1, 0.15) is 16.1 Å². The Morgan fingerprint density at radius 2 is 2.00 bits per heavy atom. The largest absolute Gasteiger partial charge is 0.467 e. The monoisotopic (exact) mass is 342 g/mol. The minimum Gasteiger partial charge on any atom is -0.467 e. The van der Waals surface area contributed by atoms with Crippen molar-refractivity contribution in [2.75, 3.05) is 13.6 Å². The highest BCUT2D eigenvalue weighted by Gasteiger charge is 2.20. The van der Waals surface area contributed by atoms with Gasteiger partial charge in [-0.25, -0.2) is 8.78 Å². The second-order valence-electron chi connectivity index (χ2n) is 4.76. The summed E-state index contributed by atoms with van der Waals surface area (Å²) in [5.41, 5.74) is -0.216. The number of halogens is 3. The average Bonchev–Trinajstić information content (AvgIpc) is 3.01. The summed E-state index contributed by atoms with van der Waals surface area (Å²) in [4.78, 5) is 25.0. The lowest BCUT2D eigenvalue weighted by Gasteiger charge is -2.17. The zero-order valence-electron chi connectivity index (χ0n) is 12.1. The van der Waals surface area contributed by atoms with Gasteiger partial charge in [0.15, 0.2) is 11.6 Å². The molecule has 2 rings (SSSR count). The van der Waals surface area contributed by atoms with Crippen LogP contribution in [0.5, 0.6) is 0 Å². The first-order valence-electron chi connectivity index (χ1n) is 6.57. The van der Waals surface area contributed by atoms with Gasteiger partial charge in [-0.15, -0.1) is 0 Å². The molecule has 0 radical (unpaired) electrons. The number of carbonyl (C=O) groups is 2. The minimum absolute atomic E-state index is 0.180. The number of furan rings is 1. The first-order chi connectivity index (χ1) is 10.9. The van der Waals surface area contributed by atoms with E-state index in [1.54, 1.807) is 12.1 Å². The van der Waals surface area contributed by atoms with E-state index in [1.165, 1.54) is 13.3 Å². The third-order valence-corrected chi connectivity index (χ3v) is 3.32. The number of carbonyl (C=O) groups excluding carboxylic acids is 2. The second kappa shape index (κ2) is 7.23. The van der Waals surface area contributed by atoms with Gasteiger partial charge < -0.3 is 14.6 Å². The molecule has 0 bridgehead atoms. The van der Waals surface area contributed by atoms with E-state index in [1.807, 2.05) is 0 Å². The molecule has 0 saturated carbocycles. The van der Waals surface area contributed by atoms with Crippen LogP contribution in [-0.4, -0.2) is 30.3 Å². The topological polar surface area (TPSA) is 62.6 Å². The lowest BCUT2D eigenvalue weighted by molar-refractivity contribution is -0.121. The number of nitrogens with zero attached hydrogens (tertiary/aromatic N) is 1. The standard InChI is InChI=1S/C15H13ClF2N2O3/c1-20(8-14(21)19-7-9-3-2-4-23-9)15(22)10-5-12(17)13(18)6-11(10)16/h2-6H,7-8H2,1H3,(H,19,21).